The highest BCUT2D eigenvalue weighted by atomic mass is 15.2. The van der Waals surface area contributed by atoms with Crippen molar-refractivity contribution in [2.45, 2.75) is 19.8 Å². The Morgan fingerprint density at radius 1 is 1.40 bits per heavy atom. The van der Waals surface area contributed by atoms with Crippen molar-refractivity contribution in [3.63, 3.8) is 0 Å². The van der Waals surface area contributed by atoms with Crippen molar-refractivity contribution in [3.05, 3.63) is 29.8 Å². The Kier molecular flexibility index (Phi) is 2.96. The van der Waals surface area contributed by atoms with E-state index in [-0.39, 0.29) is 0 Å². The number of hydrogen-bond donors (Lipinski definition) is 1. The molecule has 0 spiro atoms. The van der Waals surface area contributed by atoms with Crippen LogP contribution in [0.4, 0.5) is 5.69 Å². The molecule has 1 atom stereocenters. The van der Waals surface area contributed by atoms with Crippen LogP contribution < -0.4 is 10.6 Å². The SMILES string of the molecule is CC(C)CN1CC(CN)c2ccccc21. The summed E-state index contributed by atoms with van der Waals surface area (Å²) in [6, 6.07) is 8.66. The third kappa shape index (κ3) is 2.00. The molecule has 1 heterocycles. The Morgan fingerprint density at radius 2 is 2.13 bits per heavy atom. The number of rotatable bonds is 3. The van der Waals surface area contributed by atoms with Crippen molar-refractivity contribution < 1.29 is 0 Å². The predicted octanol–water partition coefficient (Wildman–Crippen LogP) is 2.20. The van der Waals surface area contributed by atoms with Crippen LogP contribution in [-0.4, -0.2) is 19.6 Å². The first-order valence-corrected chi connectivity index (χ1v) is 5.76. The van der Waals surface area contributed by atoms with Crippen LogP contribution in [0.15, 0.2) is 24.3 Å². The monoisotopic (exact) mass is 204 g/mol. The topological polar surface area (TPSA) is 29.3 Å². The normalized spacial score (nSPS) is 19.7. The minimum atomic E-state index is 0.528. The second-order valence-electron chi connectivity index (χ2n) is 4.79. The van der Waals surface area contributed by atoms with Crippen molar-refractivity contribution in [2.75, 3.05) is 24.5 Å². The van der Waals surface area contributed by atoms with Crippen LogP contribution in [0.25, 0.3) is 0 Å². The molecule has 1 aliphatic rings. The van der Waals surface area contributed by atoms with Crippen LogP contribution in [0.1, 0.15) is 25.3 Å². The highest BCUT2D eigenvalue weighted by molar-refractivity contribution is 5.60. The van der Waals surface area contributed by atoms with Crippen LogP contribution in [0, 0.1) is 5.92 Å². The van der Waals surface area contributed by atoms with Gasteiger partial charge in [0.05, 0.1) is 0 Å². The zero-order valence-electron chi connectivity index (χ0n) is 9.61. The summed E-state index contributed by atoms with van der Waals surface area (Å²) >= 11 is 0. The summed E-state index contributed by atoms with van der Waals surface area (Å²) in [5, 5.41) is 0. The van der Waals surface area contributed by atoms with Gasteiger partial charge >= 0.3 is 0 Å². The van der Waals surface area contributed by atoms with Crippen molar-refractivity contribution in [1.29, 1.82) is 0 Å². The van der Waals surface area contributed by atoms with E-state index in [2.05, 4.69) is 43.0 Å². The fraction of sp³-hybridized carbons (Fsp3) is 0.538. The molecule has 2 heteroatoms. The van der Waals surface area contributed by atoms with Crippen LogP contribution in [-0.2, 0) is 0 Å². The standard InChI is InChI=1S/C13H20N2/c1-10(2)8-15-9-11(7-14)12-5-3-4-6-13(12)15/h3-6,10-11H,7-9,14H2,1-2H3. The number of anilines is 1. The number of nitrogens with zero attached hydrogens (tertiary/aromatic N) is 1. The highest BCUT2D eigenvalue weighted by Crippen LogP contribution is 2.35. The van der Waals surface area contributed by atoms with E-state index in [1.54, 1.807) is 0 Å². The van der Waals surface area contributed by atoms with Gasteiger partial charge in [0.1, 0.15) is 0 Å². The summed E-state index contributed by atoms with van der Waals surface area (Å²) in [5.74, 6) is 1.23. The lowest BCUT2D eigenvalue weighted by atomic mass is 10.0. The Labute approximate surface area is 92.1 Å². The molecule has 2 nitrogen and oxygen atoms in total. The molecule has 2 N–H and O–H groups in total. The van der Waals surface area contributed by atoms with Gasteiger partial charge < -0.3 is 10.6 Å². The lowest BCUT2D eigenvalue weighted by Crippen LogP contribution is -2.28. The molecular weight excluding hydrogens is 184 g/mol. The van der Waals surface area contributed by atoms with E-state index in [0.29, 0.717) is 11.8 Å². The Bertz CT molecular complexity index is 333. The number of nitrogens with two attached hydrogens (primary N) is 1. The van der Waals surface area contributed by atoms with Gasteiger partial charge in [-0.2, -0.15) is 0 Å². The first kappa shape index (κ1) is 10.5. The maximum atomic E-state index is 5.82. The molecule has 2 rings (SSSR count). The molecule has 0 radical (unpaired) electrons. The molecule has 0 aliphatic carbocycles. The van der Waals surface area contributed by atoms with E-state index in [4.69, 9.17) is 5.73 Å². The molecule has 15 heavy (non-hydrogen) atoms. The van der Waals surface area contributed by atoms with Gasteiger partial charge in [0, 0.05) is 31.2 Å². The third-order valence-corrected chi connectivity index (χ3v) is 3.03. The van der Waals surface area contributed by atoms with Crippen molar-refractivity contribution in [3.8, 4) is 0 Å². The molecule has 1 aromatic carbocycles. The van der Waals surface area contributed by atoms with E-state index >= 15 is 0 Å². The van der Waals surface area contributed by atoms with Crippen LogP contribution in [0.5, 0.6) is 0 Å². The summed E-state index contributed by atoms with van der Waals surface area (Å²) in [7, 11) is 0. The zero-order chi connectivity index (χ0) is 10.8. The third-order valence-electron chi connectivity index (χ3n) is 3.03. The van der Waals surface area contributed by atoms with E-state index in [9.17, 15) is 0 Å². The van der Waals surface area contributed by atoms with Gasteiger partial charge in [-0.15, -0.1) is 0 Å². The molecule has 0 aromatic heterocycles. The average molecular weight is 204 g/mol. The summed E-state index contributed by atoms with van der Waals surface area (Å²) in [6.45, 7) is 7.50. The molecule has 0 saturated carbocycles. The first-order valence-electron chi connectivity index (χ1n) is 5.76. The van der Waals surface area contributed by atoms with Crippen molar-refractivity contribution in [2.24, 2.45) is 11.7 Å². The first-order chi connectivity index (χ1) is 7.22. The fourth-order valence-electron chi connectivity index (χ4n) is 2.40. The maximum Gasteiger partial charge on any atom is 0.0403 e. The minimum absolute atomic E-state index is 0.528. The van der Waals surface area contributed by atoms with Crippen LogP contribution in [0.2, 0.25) is 0 Å². The molecule has 0 fully saturated rings. The largest absolute Gasteiger partial charge is 0.370 e. The molecule has 1 unspecified atom stereocenters. The fourth-order valence-corrected chi connectivity index (χ4v) is 2.40. The van der Waals surface area contributed by atoms with Crippen molar-refractivity contribution in [1.82, 2.24) is 0 Å². The van der Waals surface area contributed by atoms with Gasteiger partial charge in [0.2, 0.25) is 0 Å². The number of benzene rings is 1. The van der Waals surface area contributed by atoms with Gasteiger partial charge in [-0.1, -0.05) is 32.0 Å². The number of hydrogen-bond acceptors (Lipinski definition) is 2. The predicted molar refractivity (Wildman–Crippen MR) is 65.3 cm³/mol. The molecule has 1 aromatic rings. The molecular formula is C13H20N2. The Hall–Kier alpha value is -1.02. The summed E-state index contributed by atoms with van der Waals surface area (Å²) in [6.07, 6.45) is 0. The Morgan fingerprint density at radius 3 is 2.80 bits per heavy atom. The second kappa shape index (κ2) is 4.23. The summed E-state index contributed by atoms with van der Waals surface area (Å²) in [5.41, 5.74) is 8.64. The average Bonchev–Trinajstić information content (AvgIpc) is 2.56. The molecule has 0 saturated heterocycles. The van der Waals surface area contributed by atoms with E-state index in [1.165, 1.54) is 11.3 Å². The van der Waals surface area contributed by atoms with Crippen molar-refractivity contribution >= 4 is 5.69 Å². The molecule has 0 amide bonds. The summed E-state index contributed by atoms with van der Waals surface area (Å²) in [4.78, 5) is 2.47. The van der Waals surface area contributed by atoms with Gasteiger partial charge in [0.25, 0.3) is 0 Å². The molecule has 0 bridgehead atoms. The van der Waals surface area contributed by atoms with E-state index in [1.807, 2.05) is 0 Å². The quantitative estimate of drug-likeness (QED) is 0.818. The Balaban J connectivity index is 2.25. The minimum Gasteiger partial charge on any atom is -0.370 e. The lowest BCUT2D eigenvalue weighted by molar-refractivity contribution is 0.600. The second-order valence-corrected chi connectivity index (χ2v) is 4.79. The van der Waals surface area contributed by atoms with Gasteiger partial charge in [-0.3, -0.25) is 0 Å². The van der Waals surface area contributed by atoms with E-state index < -0.39 is 0 Å². The van der Waals surface area contributed by atoms with Crippen LogP contribution >= 0.6 is 0 Å². The number of fused-ring (bicyclic) bond motifs is 1. The van der Waals surface area contributed by atoms with E-state index in [0.717, 1.165) is 19.6 Å². The van der Waals surface area contributed by atoms with Gasteiger partial charge in [-0.05, 0) is 17.5 Å². The summed E-state index contributed by atoms with van der Waals surface area (Å²) < 4.78 is 0. The van der Waals surface area contributed by atoms with Gasteiger partial charge in [-0.25, -0.2) is 0 Å². The number of para-hydroxylation sites is 1. The van der Waals surface area contributed by atoms with Gasteiger partial charge in [0.15, 0.2) is 0 Å². The smallest absolute Gasteiger partial charge is 0.0403 e. The molecule has 82 valence electrons. The lowest BCUT2D eigenvalue weighted by Gasteiger charge is -2.21. The maximum absolute atomic E-state index is 5.82. The highest BCUT2D eigenvalue weighted by Gasteiger charge is 2.26. The molecule has 1 aliphatic heterocycles. The van der Waals surface area contributed by atoms with Crippen LogP contribution in [0.3, 0.4) is 0 Å². The zero-order valence-corrected chi connectivity index (χ0v) is 9.61.